The van der Waals surface area contributed by atoms with Crippen LogP contribution >= 0.6 is 0 Å². The fraction of sp³-hybridized carbons (Fsp3) is 0.250. The van der Waals surface area contributed by atoms with Crippen molar-refractivity contribution in [3.05, 3.63) is 41.0 Å². The molecule has 1 heteroatoms. The molecule has 13 heavy (non-hydrogen) atoms. The van der Waals surface area contributed by atoms with E-state index >= 15 is 0 Å². The largest absolute Gasteiger partial charge is 0.308 e. The lowest BCUT2D eigenvalue weighted by Crippen LogP contribution is -1.87. The van der Waals surface area contributed by atoms with E-state index in [4.69, 9.17) is 5.41 Å². The average molecular weight is 173 g/mol. The highest BCUT2D eigenvalue weighted by Gasteiger charge is 1.98. The maximum Gasteiger partial charge on any atom is 0.0253 e. The molecule has 0 saturated heterocycles. The van der Waals surface area contributed by atoms with E-state index < -0.39 is 0 Å². The van der Waals surface area contributed by atoms with Crippen LogP contribution in [0.25, 0.3) is 5.57 Å². The van der Waals surface area contributed by atoms with Gasteiger partial charge in [0.05, 0.1) is 0 Å². The predicted molar refractivity (Wildman–Crippen MR) is 58.4 cm³/mol. The number of rotatable bonds is 2. The highest BCUT2D eigenvalue weighted by molar-refractivity contribution is 6.08. The lowest BCUT2D eigenvalue weighted by atomic mass is 10.0. The first-order valence-electron chi connectivity index (χ1n) is 4.43. The molecule has 0 aliphatic rings. The van der Waals surface area contributed by atoms with Crippen molar-refractivity contribution in [2.24, 2.45) is 0 Å². The van der Waals surface area contributed by atoms with Crippen molar-refractivity contribution in [1.29, 1.82) is 5.41 Å². The summed E-state index contributed by atoms with van der Waals surface area (Å²) in [6, 6.07) is 6.35. The number of allylic oxidation sites excluding steroid dienone is 2. The molecule has 1 rings (SSSR count). The first kappa shape index (κ1) is 9.72. The Hall–Kier alpha value is -1.37. The summed E-state index contributed by atoms with van der Waals surface area (Å²) in [6.45, 7) is 6.11. The molecule has 0 spiro atoms. The minimum absolute atomic E-state index is 0.979. The van der Waals surface area contributed by atoms with Gasteiger partial charge in [0.15, 0.2) is 0 Å². The summed E-state index contributed by atoms with van der Waals surface area (Å²) in [7, 11) is 0. The van der Waals surface area contributed by atoms with Gasteiger partial charge < -0.3 is 5.41 Å². The number of aryl methyl sites for hydroxylation is 2. The molecule has 1 aromatic rings. The third-order valence-corrected chi connectivity index (χ3v) is 2.02. The molecular formula is C12H15N. The van der Waals surface area contributed by atoms with E-state index in [1.165, 1.54) is 17.3 Å². The molecule has 0 bridgehead atoms. The SMILES string of the molecule is C/C=C(\C=N)c1cc(C)cc(C)c1. The fourth-order valence-electron chi connectivity index (χ4n) is 1.47. The van der Waals surface area contributed by atoms with Crippen LogP contribution in [0.15, 0.2) is 24.3 Å². The van der Waals surface area contributed by atoms with Crippen molar-refractivity contribution >= 4 is 11.8 Å². The Kier molecular flexibility index (Phi) is 3.02. The number of benzene rings is 1. The summed E-state index contributed by atoms with van der Waals surface area (Å²) < 4.78 is 0. The molecule has 0 atom stereocenters. The Morgan fingerprint density at radius 3 is 2.08 bits per heavy atom. The molecule has 1 N–H and O–H groups in total. The molecule has 0 heterocycles. The van der Waals surface area contributed by atoms with Crippen LogP contribution in [0.4, 0.5) is 0 Å². The standard InChI is InChI=1S/C12H15N/c1-4-11(8-13)12-6-9(2)5-10(3)7-12/h4-8,13H,1-3H3/b11-4+,13-8?. The van der Waals surface area contributed by atoms with Crippen LogP contribution in [-0.2, 0) is 0 Å². The van der Waals surface area contributed by atoms with E-state index in [1.54, 1.807) is 0 Å². The second-order valence-corrected chi connectivity index (χ2v) is 3.26. The summed E-state index contributed by atoms with van der Waals surface area (Å²) in [5.74, 6) is 0. The highest BCUT2D eigenvalue weighted by atomic mass is 14.3. The second-order valence-electron chi connectivity index (χ2n) is 3.26. The summed E-state index contributed by atoms with van der Waals surface area (Å²) in [5.41, 5.74) is 4.61. The molecule has 0 fully saturated rings. The Balaban J connectivity index is 3.21. The van der Waals surface area contributed by atoms with Crippen molar-refractivity contribution in [3.63, 3.8) is 0 Å². The van der Waals surface area contributed by atoms with Gasteiger partial charge in [0.1, 0.15) is 0 Å². The van der Waals surface area contributed by atoms with Gasteiger partial charge in [0.2, 0.25) is 0 Å². The molecule has 0 unspecified atom stereocenters. The maximum absolute atomic E-state index is 7.25. The Bertz CT molecular complexity index is 328. The molecule has 0 aliphatic heterocycles. The van der Waals surface area contributed by atoms with Gasteiger partial charge in [-0.15, -0.1) is 0 Å². The molecule has 0 aromatic heterocycles. The van der Waals surface area contributed by atoms with Crippen LogP contribution in [0, 0.1) is 19.3 Å². The smallest absolute Gasteiger partial charge is 0.0253 e. The number of nitrogens with one attached hydrogen (secondary N) is 1. The van der Waals surface area contributed by atoms with E-state index in [0.29, 0.717) is 0 Å². The number of hydrogen-bond donors (Lipinski definition) is 1. The highest BCUT2D eigenvalue weighted by Crippen LogP contribution is 2.16. The van der Waals surface area contributed by atoms with Gasteiger partial charge >= 0.3 is 0 Å². The van der Waals surface area contributed by atoms with Gasteiger partial charge in [-0.3, -0.25) is 0 Å². The van der Waals surface area contributed by atoms with E-state index in [1.807, 2.05) is 13.0 Å². The molecule has 1 aromatic carbocycles. The third kappa shape index (κ3) is 2.28. The van der Waals surface area contributed by atoms with E-state index in [-0.39, 0.29) is 0 Å². The predicted octanol–water partition coefficient (Wildman–Crippen LogP) is 3.36. The third-order valence-electron chi connectivity index (χ3n) is 2.02. The quantitative estimate of drug-likeness (QED) is 0.663. The zero-order valence-corrected chi connectivity index (χ0v) is 8.39. The normalized spacial score (nSPS) is 11.5. The van der Waals surface area contributed by atoms with Crippen LogP contribution < -0.4 is 0 Å². The van der Waals surface area contributed by atoms with Crippen LogP contribution in [-0.4, -0.2) is 6.21 Å². The summed E-state index contributed by atoms with van der Waals surface area (Å²) in [5, 5.41) is 7.25. The topological polar surface area (TPSA) is 23.9 Å². The Labute approximate surface area is 79.6 Å². The van der Waals surface area contributed by atoms with Gasteiger partial charge in [-0.1, -0.05) is 35.4 Å². The van der Waals surface area contributed by atoms with Crippen LogP contribution in [0.5, 0.6) is 0 Å². The molecule has 0 radical (unpaired) electrons. The van der Waals surface area contributed by atoms with E-state index in [0.717, 1.165) is 11.1 Å². The lowest BCUT2D eigenvalue weighted by molar-refractivity contribution is 1.37. The summed E-state index contributed by atoms with van der Waals surface area (Å²) >= 11 is 0. The summed E-state index contributed by atoms with van der Waals surface area (Å²) in [4.78, 5) is 0. The zero-order valence-electron chi connectivity index (χ0n) is 8.39. The van der Waals surface area contributed by atoms with Crippen molar-refractivity contribution in [1.82, 2.24) is 0 Å². The summed E-state index contributed by atoms with van der Waals surface area (Å²) in [6.07, 6.45) is 3.36. The van der Waals surface area contributed by atoms with Crippen molar-refractivity contribution in [3.8, 4) is 0 Å². The first-order valence-corrected chi connectivity index (χ1v) is 4.43. The van der Waals surface area contributed by atoms with Gasteiger partial charge in [0, 0.05) is 6.21 Å². The Morgan fingerprint density at radius 2 is 1.69 bits per heavy atom. The zero-order chi connectivity index (χ0) is 9.84. The first-order chi connectivity index (χ1) is 6.17. The van der Waals surface area contributed by atoms with Gasteiger partial charge in [-0.05, 0) is 31.9 Å². The molecule has 68 valence electrons. The minimum Gasteiger partial charge on any atom is -0.308 e. The fourth-order valence-corrected chi connectivity index (χ4v) is 1.47. The lowest BCUT2D eigenvalue weighted by Gasteiger charge is -2.04. The van der Waals surface area contributed by atoms with E-state index in [2.05, 4.69) is 32.0 Å². The average Bonchev–Trinajstić information content (AvgIpc) is 2.04. The molecule has 0 aliphatic carbocycles. The monoisotopic (exact) mass is 173 g/mol. The molecule has 0 saturated carbocycles. The number of hydrogen-bond acceptors (Lipinski definition) is 1. The van der Waals surface area contributed by atoms with E-state index in [9.17, 15) is 0 Å². The molecule has 1 nitrogen and oxygen atoms in total. The van der Waals surface area contributed by atoms with Crippen molar-refractivity contribution in [2.75, 3.05) is 0 Å². The Morgan fingerprint density at radius 1 is 1.15 bits per heavy atom. The van der Waals surface area contributed by atoms with Gasteiger partial charge in [-0.25, -0.2) is 0 Å². The van der Waals surface area contributed by atoms with Gasteiger partial charge in [-0.2, -0.15) is 0 Å². The van der Waals surface area contributed by atoms with Gasteiger partial charge in [0.25, 0.3) is 0 Å². The van der Waals surface area contributed by atoms with Crippen LogP contribution in [0.2, 0.25) is 0 Å². The van der Waals surface area contributed by atoms with Crippen molar-refractivity contribution in [2.45, 2.75) is 20.8 Å². The molecule has 0 amide bonds. The minimum atomic E-state index is 0.979. The second kappa shape index (κ2) is 4.04. The molecular weight excluding hydrogens is 158 g/mol. The van der Waals surface area contributed by atoms with Crippen LogP contribution in [0.1, 0.15) is 23.6 Å². The van der Waals surface area contributed by atoms with Crippen molar-refractivity contribution < 1.29 is 0 Å². The van der Waals surface area contributed by atoms with Crippen LogP contribution in [0.3, 0.4) is 0 Å². The maximum atomic E-state index is 7.25.